The van der Waals surface area contributed by atoms with Crippen LogP contribution < -0.4 is 4.90 Å². The summed E-state index contributed by atoms with van der Waals surface area (Å²) in [6.45, 7) is 1.79. The Kier molecular flexibility index (Phi) is 5.91. The van der Waals surface area contributed by atoms with Gasteiger partial charge in [-0.1, -0.05) is 35.9 Å². The number of amidine groups is 2. The number of rotatable bonds is 3. The highest BCUT2D eigenvalue weighted by Gasteiger charge is 2.25. The first-order valence-electron chi connectivity index (χ1n) is 7.10. The van der Waals surface area contributed by atoms with Crippen LogP contribution in [0.1, 0.15) is 23.7 Å². The van der Waals surface area contributed by atoms with Gasteiger partial charge in [-0.25, -0.2) is 0 Å². The van der Waals surface area contributed by atoms with E-state index in [0.717, 1.165) is 0 Å². The maximum Gasteiger partial charge on any atom is 0.175 e. The van der Waals surface area contributed by atoms with Gasteiger partial charge in [-0.3, -0.25) is 20.1 Å². The third-order valence-electron chi connectivity index (χ3n) is 3.65. The van der Waals surface area contributed by atoms with Crippen molar-refractivity contribution >= 4 is 49.6 Å². The average Bonchev–Trinajstić information content (AvgIpc) is 2.55. The van der Waals surface area contributed by atoms with E-state index in [0.29, 0.717) is 28.5 Å². The molecule has 0 bridgehead atoms. The Hall–Kier alpha value is -1.72. The Labute approximate surface area is 149 Å². The summed E-state index contributed by atoms with van der Waals surface area (Å²) in [5.74, 6) is 0.373. The number of allylic oxidation sites excluding steroid dienone is 4. The van der Waals surface area contributed by atoms with Gasteiger partial charge in [-0.05, 0) is 47.5 Å². The molecular formula is C17H17BrClN3O. The van der Waals surface area contributed by atoms with Gasteiger partial charge >= 0.3 is 0 Å². The number of hydrogen-bond donors (Lipinski definition) is 1. The molecule has 23 heavy (non-hydrogen) atoms. The quantitative estimate of drug-likeness (QED) is 0.348. The summed E-state index contributed by atoms with van der Waals surface area (Å²) in [7, 11) is 1.65. The van der Waals surface area contributed by atoms with Crippen LogP contribution >= 0.6 is 27.5 Å². The number of hydrogen-bond acceptors (Lipinski definition) is 3. The zero-order chi connectivity index (χ0) is 17.0. The minimum Gasteiger partial charge on any atom is -0.293 e. The van der Waals surface area contributed by atoms with Gasteiger partial charge in [0.05, 0.1) is 5.69 Å². The Morgan fingerprint density at radius 1 is 1.43 bits per heavy atom. The zero-order valence-electron chi connectivity index (χ0n) is 12.9. The lowest BCUT2D eigenvalue weighted by Crippen LogP contribution is -2.33. The van der Waals surface area contributed by atoms with Gasteiger partial charge in [0.15, 0.2) is 10.5 Å². The van der Waals surface area contributed by atoms with Crippen molar-refractivity contribution in [1.82, 2.24) is 0 Å². The highest BCUT2D eigenvalue weighted by molar-refractivity contribution is 9.18. The first kappa shape index (κ1) is 17.6. The van der Waals surface area contributed by atoms with Crippen LogP contribution in [0.4, 0.5) is 5.69 Å². The monoisotopic (exact) mass is 393 g/mol. The number of benzene rings is 1. The Balaban J connectivity index is 2.43. The van der Waals surface area contributed by atoms with E-state index in [1.807, 2.05) is 30.4 Å². The van der Waals surface area contributed by atoms with E-state index < -0.39 is 0 Å². The molecule has 6 heteroatoms. The number of aliphatic imine (C=N–C) groups is 1. The van der Waals surface area contributed by atoms with Gasteiger partial charge in [0.2, 0.25) is 0 Å². The molecule has 2 rings (SSSR count). The molecule has 1 aromatic carbocycles. The van der Waals surface area contributed by atoms with Crippen LogP contribution in [0.5, 0.6) is 0 Å². The van der Waals surface area contributed by atoms with E-state index in [1.54, 1.807) is 31.0 Å². The number of Topliss-reactive ketones (excluding diaryl/α,β-unsaturated/α-hetero) is 1. The molecule has 0 spiro atoms. The Morgan fingerprint density at radius 3 is 2.70 bits per heavy atom. The second-order valence-electron chi connectivity index (χ2n) is 5.07. The van der Waals surface area contributed by atoms with Crippen molar-refractivity contribution in [3.63, 3.8) is 0 Å². The summed E-state index contributed by atoms with van der Waals surface area (Å²) in [4.78, 5) is 18.6. The van der Waals surface area contributed by atoms with E-state index in [4.69, 9.17) is 17.0 Å². The van der Waals surface area contributed by atoms with Gasteiger partial charge in [0, 0.05) is 23.6 Å². The molecule has 1 N–H and O–H groups in total. The normalized spacial score (nSPS) is 17.7. The second kappa shape index (κ2) is 7.70. The molecule has 0 aromatic heterocycles. The Bertz CT molecular complexity index is 724. The molecule has 1 aromatic rings. The molecule has 1 aliphatic carbocycles. The third kappa shape index (κ3) is 3.98. The molecule has 4 nitrogen and oxygen atoms in total. The topological polar surface area (TPSA) is 56.5 Å². The number of carbonyl (C=O) groups excluding carboxylic acids is 1. The number of nitrogens with one attached hydrogen (secondary N) is 1. The largest absolute Gasteiger partial charge is 0.293 e. The fourth-order valence-electron chi connectivity index (χ4n) is 2.39. The predicted octanol–water partition coefficient (Wildman–Crippen LogP) is 4.75. The van der Waals surface area contributed by atoms with Crippen molar-refractivity contribution < 1.29 is 4.79 Å². The van der Waals surface area contributed by atoms with Gasteiger partial charge in [0.25, 0.3) is 0 Å². The second-order valence-corrected chi connectivity index (χ2v) is 6.26. The van der Waals surface area contributed by atoms with Crippen LogP contribution in [0.3, 0.4) is 0 Å². The smallest absolute Gasteiger partial charge is 0.175 e. The average molecular weight is 395 g/mol. The highest BCUT2D eigenvalue weighted by Crippen LogP contribution is 2.29. The lowest BCUT2D eigenvalue weighted by Gasteiger charge is -2.25. The number of halogens is 2. The Morgan fingerprint density at radius 2 is 2.13 bits per heavy atom. The number of nitrogens with zero attached hydrogens (tertiary/aromatic N) is 2. The van der Waals surface area contributed by atoms with E-state index in [9.17, 15) is 4.79 Å². The van der Waals surface area contributed by atoms with Gasteiger partial charge in [-0.2, -0.15) is 0 Å². The van der Waals surface area contributed by atoms with Gasteiger partial charge < -0.3 is 0 Å². The summed E-state index contributed by atoms with van der Waals surface area (Å²) in [6.07, 6.45) is 6.00. The molecule has 0 fully saturated rings. The van der Waals surface area contributed by atoms with Gasteiger partial charge in [0.1, 0.15) is 5.84 Å². The fraction of sp³-hybridized carbons (Fsp3) is 0.235. The molecule has 0 radical (unpaired) electrons. The molecule has 1 atom stereocenters. The standard InChI is InChI=1S/C17H17BrClN3O/c1-11(21-2)22(17(18)20)15-6-4-3-5-14(15)16(23)12-7-9-13(19)10-8-12/h3-7,9-10,12,20H,8H2,1-2H3. The van der Waals surface area contributed by atoms with Crippen molar-refractivity contribution in [2.24, 2.45) is 10.9 Å². The zero-order valence-corrected chi connectivity index (χ0v) is 15.2. The van der Waals surface area contributed by atoms with E-state index in [1.165, 1.54) is 0 Å². The minimum atomic E-state index is -0.246. The lowest BCUT2D eigenvalue weighted by molar-refractivity contribution is 0.0946. The molecule has 0 aliphatic heterocycles. The molecular weight excluding hydrogens is 378 g/mol. The van der Waals surface area contributed by atoms with Gasteiger partial charge in [-0.15, -0.1) is 0 Å². The summed E-state index contributed by atoms with van der Waals surface area (Å²) in [6, 6.07) is 7.25. The number of carbonyl (C=O) groups is 1. The number of para-hydroxylation sites is 1. The fourth-order valence-corrected chi connectivity index (χ4v) is 3.00. The van der Waals surface area contributed by atoms with Crippen LogP contribution in [-0.4, -0.2) is 23.4 Å². The SMILES string of the molecule is CN=C(C)N(C(=N)Br)c1ccccc1C(=O)C1C=CC(Cl)=CC1. The lowest BCUT2D eigenvalue weighted by atomic mass is 9.90. The number of anilines is 1. The summed E-state index contributed by atoms with van der Waals surface area (Å²) >= 11 is 9.10. The maximum absolute atomic E-state index is 12.9. The van der Waals surface area contributed by atoms with E-state index in [-0.39, 0.29) is 16.4 Å². The predicted molar refractivity (Wildman–Crippen MR) is 100 cm³/mol. The van der Waals surface area contributed by atoms with Crippen LogP contribution in [0.15, 0.2) is 52.5 Å². The molecule has 1 aliphatic rings. The van der Waals surface area contributed by atoms with Crippen LogP contribution in [-0.2, 0) is 0 Å². The van der Waals surface area contributed by atoms with Crippen molar-refractivity contribution in [2.45, 2.75) is 13.3 Å². The van der Waals surface area contributed by atoms with Crippen LogP contribution in [0.2, 0.25) is 0 Å². The molecule has 0 saturated heterocycles. The molecule has 0 heterocycles. The summed E-state index contributed by atoms with van der Waals surface area (Å²) < 4.78 is 0.128. The van der Waals surface area contributed by atoms with E-state index in [2.05, 4.69) is 20.9 Å². The molecule has 0 saturated carbocycles. The summed E-state index contributed by atoms with van der Waals surface area (Å²) in [5, 5.41) is 8.59. The van der Waals surface area contributed by atoms with Crippen LogP contribution in [0.25, 0.3) is 0 Å². The minimum absolute atomic E-state index is 0.0000743. The highest BCUT2D eigenvalue weighted by atomic mass is 79.9. The third-order valence-corrected chi connectivity index (χ3v) is 4.28. The van der Waals surface area contributed by atoms with Crippen LogP contribution in [0, 0.1) is 11.3 Å². The maximum atomic E-state index is 12.9. The van der Waals surface area contributed by atoms with Crippen molar-refractivity contribution in [2.75, 3.05) is 11.9 Å². The first-order valence-corrected chi connectivity index (χ1v) is 8.27. The van der Waals surface area contributed by atoms with Crippen molar-refractivity contribution in [1.29, 1.82) is 5.41 Å². The van der Waals surface area contributed by atoms with E-state index >= 15 is 0 Å². The first-order chi connectivity index (χ1) is 11.0. The molecule has 0 amide bonds. The number of ketones is 1. The molecule has 1 unspecified atom stereocenters. The molecule has 120 valence electrons. The summed E-state index contributed by atoms with van der Waals surface area (Å²) in [5.41, 5.74) is 1.19. The van der Waals surface area contributed by atoms with Crippen molar-refractivity contribution in [3.8, 4) is 0 Å². The van der Waals surface area contributed by atoms with Crippen molar-refractivity contribution in [3.05, 3.63) is 53.1 Å².